The summed E-state index contributed by atoms with van der Waals surface area (Å²) in [7, 11) is -2.19. The van der Waals surface area contributed by atoms with Crippen molar-refractivity contribution in [2.75, 3.05) is 34.2 Å². The molecule has 0 radical (unpaired) electrons. The van der Waals surface area contributed by atoms with Crippen molar-refractivity contribution in [2.45, 2.75) is 44.8 Å². The molecule has 0 atom stereocenters. The van der Waals surface area contributed by atoms with Gasteiger partial charge in [0, 0.05) is 17.5 Å². The Kier molecular flexibility index (Phi) is 8.11. The van der Waals surface area contributed by atoms with Gasteiger partial charge in [0.25, 0.3) is 5.91 Å². The van der Waals surface area contributed by atoms with E-state index in [0.29, 0.717) is 22.6 Å². The van der Waals surface area contributed by atoms with E-state index in [1.165, 1.54) is 12.1 Å². The van der Waals surface area contributed by atoms with Crippen molar-refractivity contribution < 1.29 is 22.5 Å². The summed E-state index contributed by atoms with van der Waals surface area (Å²) < 4.78 is 34.2. The average molecular weight is 587 g/mol. The van der Waals surface area contributed by atoms with Gasteiger partial charge >= 0.3 is 5.16 Å². The van der Waals surface area contributed by atoms with E-state index < -0.39 is 15.9 Å². The van der Waals surface area contributed by atoms with Crippen molar-refractivity contribution in [1.82, 2.24) is 4.98 Å². The summed E-state index contributed by atoms with van der Waals surface area (Å²) in [4.78, 5) is 16.7. The number of thioether (sulfide) groups is 1. The summed E-state index contributed by atoms with van der Waals surface area (Å²) in [6, 6.07) is 8.65. The maximum atomic E-state index is 13.4. The van der Waals surface area contributed by atoms with Crippen LogP contribution in [0.2, 0.25) is 0 Å². The maximum Gasteiger partial charge on any atom is 0.316 e. The molecule has 1 aromatic heterocycles. The van der Waals surface area contributed by atoms with Crippen molar-refractivity contribution in [3.63, 3.8) is 0 Å². The molecule has 3 aromatic rings. The van der Waals surface area contributed by atoms with E-state index in [9.17, 15) is 13.2 Å². The molecule has 0 unspecified atom stereocenters. The van der Waals surface area contributed by atoms with Crippen LogP contribution in [0, 0.1) is 6.92 Å². The van der Waals surface area contributed by atoms with Gasteiger partial charge in [-0.05, 0) is 59.5 Å². The highest BCUT2D eigenvalue weighted by Crippen LogP contribution is 2.39. The second-order valence-corrected chi connectivity index (χ2v) is 13.5. The van der Waals surface area contributed by atoms with Crippen molar-refractivity contribution in [1.29, 1.82) is 0 Å². The number of hydrazine groups is 1. The molecule has 4 rings (SSSR count). The summed E-state index contributed by atoms with van der Waals surface area (Å²) in [6.07, 6.45) is 4.54. The number of aryl methyl sites for hydroxylation is 1. The molecule has 11 nitrogen and oxygen atoms in total. The molecule has 0 aliphatic carbocycles. The highest BCUT2D eigenvalue weighted by Gasteiger charge is 2.26. The number of anilines is 3. The first-order valence-electron chi connectivity index (χ1n) is 12.6. The van der Waals surface area contributed by atoms with E-state index >= 15 is 0 Å². The number of nitrogens with one attached hydrogen (secondary N) is 3. The number of methoxy groups -OCH3 is 1. The fourth-order valence-electron chi connectivity index (χ4n) is 4.37. The van der Waals surface area contributed by atoms with Crippen LogP contribution in [0.15, 0.2) is 47.9 Å². The fourth-order valence-corrected chi connectivity index (χ4v) is 5.87. The lowest BCUT2D eigenvalue weighted by Crippen LogP contribution is -2.37. The van der Waals surface area contributed by atoms with E-state index in [4.69, 9.17) is 16.3 Å². The van der Waals surface area contributed by atoms with E-state index in [2.05, 4.69) is 19.6 Å². The van der Waals surface area contributed by atoms with Gasteiger partial charge in [-0.3, -0.25) is 14.5 Å². The van der Waals surface area contributed by atoms with Crippen LogP contribution < -0.4 is 35.9 Å². The van der Waals surface area contributed by atoms with E-state index in [-0.39, 0.29) is 16.9 Å². The lowest BCUT2D eigenvalue weighted by atomic mass is 9.86. The number of hydrogen-bond donors (Lipinski definition) is 5. The van der Waals surface area contributed by atoms with Gasteiger partial charge in [-0.2, -0.15) is 0 Å². The van der Waals surface area contributed by atoms with Crippen molar-refractivity contribution in [3.8, 4) is 5.75 Å². The Morgan fingerprint density at radius 1 is 1.23 bits per heavy atom. The number of fused-ring (bicyclic) bond motifs is 1. The minimum Gasteiger partial charge on any atom is -0.492 e. The molecule has 1 aliphatic rings. The first-order valence-corrected chi connectivity index (χ1v) is 15.4. The number of nitrogens with zero attached hydrogens (tertiary/aromatic N) is 2. The number of amides is 1. The zero-order valence-corrected chi connectivity index (χ0v) is 25.1. The van der Waals surface area contributed by atoms with Crippen LogP contribution in [0.5, 0.6) is 5.75 Å². The Labute approximate surface area is 239 Å². The molecule has 0 fully saturated rings. The third-order valence-electron chi connectivity index (χ3n) is 6.45. The van der Waals surface area contributed by atoms with Crippen LogP contribution in [0.1, 0.15) is 48.0 Å². The number of benzene rings is 2. The number of aromatic nitrogens is 2. The summed E-state index contributed by atoms with van der Waals surface area (Å²) in [5.74, 6) is 7.15. The zero-order valence-electron chi connectivity index (χ0n) is 23.5. The fraction of sp³-hybridized carbons (Fsp3) is 0.333. The SMILES string of the molecule is COc1c(NC(=O)c2ccc(C)c(N(N)/C=C(\N)c3c[nH]c4[n+]3CCS4)c2)cc(C(C)(C)C)cc1NS(C)(=O)=O. The third-order valence-corrected chi connectivity index (χ3v) is 8.04. The minimum atomic E-state index is -3.60. The number of H-pyrrole nitrogens is 1. The van der Waals surface area contributed by atoms with Crippen LogP contribution in [0.25, 0.3) is 5.70 Å². The second kappa shape index (κ2) is 11.1. The molecule has 1 aliphatic heterocycles. The predicted molar refractivity (Wildman–Crippen MR) is 160 cm³/mol. The van der Waals surface area contributed by atoms with Gasteiger partial charge in [-0.15, -0.1) is 0 Å². The number of carbonyl (C=O) groups is 1. The Balaban J connectivity index is 1.66. The molecule has 0 bridgehead atoms. The summed E-state index contributed by atoms with van der Waals surface area (Å²) >= 11 is 1.73. The van der Waals surface area contributed by atoms with Gasteiger partial charge in [0.1, 0.15) is 18.4 Å². The highest BCUT2D eigenvalue weighted by molar-refractivity contribution is 7.99. The summed E-state index contributed by atoms with van der Waals surface area (Å²) in [5.41, 5.74) is 10.5. The first-order chi connectivity index (χ1) is 18.7. The molecule has 1 amide bonds. The van der Waals surface area contributed by atoms with Crippen LogP contribution >= 0.6 is 11.8 Å². The van der Waals surface area contributed by atoms with E-state index in [1.807, 2.05) is 33.9 Å². The van der Waals surface area contributed by atoms with Gasteiger partial charge in [-0.1, -0.05) is 26.8 Å². The molecule has 214 valence electrons. The Morgan fingerprint density at radius 3 is 2.58 bits per heavy atom. The molecule has 0 spiro atoms. The zero-order chi connectivity index (χ0) is 29.4. The van der Waals surface area contributed by atoms with Gasteiger partial charge in [0.05, 0.1) is 30.4 Å². The number of nitrogens with two attached hydrogens (primary N) is 2. The quantitative estimate of drug-likeness (QED) is 0.153. The van der Waals surface area contributed by atoms with Crippen LogP contribution in [0.3, 0.4) is 0 Å². The second-order valence-electron chi connectivity index (χ2n) is 10.7. The van der Waals surface area contributed by atoms with Gasteiger partial charge in [0.2, 0.25) is 10.0 Å². The first kappa shape index (κ1) is 29.3. The van der Waals surface area contributed by atoms with Gasteiger partial charge < -0.3 is 15.8 Å². The molecule has 13 heteroatoms. The summed E-state index contributed by atoms with van der Waals surface area (Å²) in [5, 5.41) is 5.33. The van der Waals surface area contributed by atoms with Crippen molar-refractivity contribution in [3.05, 3.63) is 65.1 Å². The van der Waals surface area contributed by atoms with E-state index in [0.717, 1.165) is 40.5 Å². The number of aromatic amines is 1. The molecule has 2 aromatic carbocycles. The number of rotatable bonds is 8. The molecule has 2 heterocycles. The van der Waals surface area contributed by atoms with Crippen LogP contribution in [0.4, 0.5) is 17.1 Å². The van der Waals surface area contributed by atoms with Crippen molar-refractivity contribution in [2.24, 2.45) is 11.6 Å². The number of ether oxygens (including phenoxy) is 1. The standard InChI is InChI=1S/C27H35N7O4S2/c1-16-7-8-17(11-22(16)34(29)15-19(28)23-14-30-26-33(23)9-10-39-26)25(35)31-20-12-18(27(2,3)4)13-21(24(20)38-5)32-40(6,36)37/h7-8,11-15,32H,9-10,28-29H2,1-6H3,(H,31,35)/p+1/b19-15-. The smallest absolute Gasteiger partial charge is 0.316 e. The topological polar surface area (TPSA) is 159 Å². The number of carbonyl (C=O) groups excluding carboxylic acids is 1. The molecule has 0 saturated heterocycles. The number of sulfonamides is 1. The lowest BCUT2D eigenvalue weighted by Gasteiger charge is -2.24. The largest absolute Gasteiger partial charge is 0.492 e. The predicted octanol–water partition coefficient (Wildman–Crippen LogP) is 3.28. The van der Waals surface area contributed by atoms with Gasteiger partial charge in [0.15, 0.2) is 11.4 Å². The highest BCUT2D eigenvalue weighted by atomic mass is 32.2. The Bertz CT molecular complexity index is 1590. The maximum absolute atomic E-state index is 13.4. The number of imidazole rings is 1. The molecule has 0 saturated carbocycles. The lowest BCUT2D eigenvalue weighted by molar-refractivity contribution is -0.724. The van der Waals surface area contributed by atoms with Crippen molar-refractivity contribution >= 4 is 50.5 Å². The monoisotopic (exact) mass is 586 g/mol. The molecular weight excluding hydrogens is 550 g/mol. The normalized spacial score (nSPS) is 13.6. The molecule has 7 N–H and O–H groups in total. The molecule has 40 heavy (non-hydrogen) atoms. The average Bonchev–Trinajstić information content (AvgIpc) is 3.46. The van der Waals surface area contributed by atoms with Crippen LogP contribution in [-0.2, 0) is 22.0 Å². The summed E-state index contributed by atoms with van der Waals surface area (Å²) in [6.45, 7) is 8.72. The van der Waals surface area contributed by atoms with Gasteiger partial charge in [-0.25, -0.2) is 23.8 Å². The number of hydrogen-bond acceptors (Lipinski definition) is 8. The Hall–Kier alpha value is -3.68. The minimum absolute atomic E-state index is 0.199. The van der Waals surface area contributed by atoms with E-state index in [1.54, 1.807) is 48.3 Å². The third kappa shape index (κ3) is 6.37. The molecular formula is C27H36N7O4S2+. The van der Waals surface area contributed by atoms with Crippen LogP contribution in [-0.4, -0.2) is 38.4 Å². The Morgan fingerprint density at radius 2 is 1.93 bits per heavy atom.